The van der Waals surface area contributed by atoms with Crippen molar-refractivity contribution in [3.05, 3.63) is 51.0 Å². The van der Waals surface area contributed by atoms with Gasteiger partial charge in [-0.2, -0.15) is 0 Å². The lowest BCUT2D eigenvalue weighted by Crippen LogP contribution is -1.93. The Morgan fingerprint density at radius 2 is 2.00 bits per heavy atom. The molecule has 1 N–H and O–H groups in total. The Morgan fingerprint density at radius 1 is 1.26 bits per heavy atom. The standard InChI is InChI=1S/C15H13ClN2O5/c1-22-11-3-4-12(14(7-11)23-2)17-8-9-5-10(16)6-13(15(9)19)18(20)21/h3-8,19H,1-2H3. The molecule has 0 aliphatic heterocycles. The number of aliphatic imine (C=N–C) groups is 1. The Kier molecular flexibility index (Phi) is 5.02. The van der Waals surface area contributed by atoms with Crippen LogP contribution in [0.2, 0.25) is 5.02 Å². The first-order valence-corrected chi connectivity index (χ1v) is 6.77. The first-order valence-electron chi connectivity index (χ1n) is 6.39. The topological polar surface area (TPSA) is 94.2 Å². The van der Waals surface area contributed by atoms with Crippen molar-refractivity contribution in [1.82, 2.24) is 0 Å². The highest BCUT2D eigenvalue weighted by Gasteiger charge is 2.17. The van der Waals surface area contributed by atoms with E-state index in [0.717, 1.165) is 6.07 Å². The summed E-state index contributed by atoms with van der Waals surface area (Å²) in [6.45, 7) is 0. The van der Waals surface area contributed by atoms with Gasteiger partial charge < -0.3 is 14.6 Å². The molecule has 0 fully saturated rings. The number of hydrogen-bond donors (Lipinski definition) is 1. The van der Waals surface area contributed by atoms with Crippen LogP contribution in [0.3, 0.4) is 0 Å². The van der Waals surface area contributed by atoms with Crippen LogP contribution in [0, 0.1) is 10.1 Å². The van der Waals surface area contributed by atoms with Crippen molar-refractivity contribution < 1.29 is 19.5 Å². The predicted molar refractivity (Wildman–Crippen MR) is 86.6 cm³/mol. The molecule has 7 nitrogen and oxygen atoms in total. The van der Waals surface area contributed by atoms with Crippen LogP contribution in [0.25, 0.3) is 0 Å². The van der Waals surface area contributed by atoms with E-state index in [9.17, 15) is 15.2 Å². The number of nitro groups is 1. The summed E-state index contributed by atoms with van der Waals surface area (Å²) in [6.07, 6.45) is 1.28. The fourth-order valence-corrected chi connectivity index (χ4v) is 2.09. The summed E-state index contributed by atoms with van der Waals surface area (Å²) in [5, 5.41) is 20.9. The number of phenolic OH excluding ortho intramolecular Hbond substituents is 1. The van der Waals surface area contributed by atoms with Crippen molar-refractivity contribution >= 4 is 29.2 Å². The van der Waals surface area contributed by atoms with Crippen LogP contribution in [-0.4, -0.2) is 30.5 Å². The molecule has 0 saturated heterocycles. The fourth-order valence-electron chi connectivity index (χ4n) is 1.87. The zero-order chi connectivity index (χ0) is 17.0. The van der Waals surface area contributed by atoms with Crippen LogP contribution >= 0.6 is 11.6 Å². The molecule has 2 aromatic rings. The van der Waals surface area contributed by atoms with Gasteiger partial charge in [0.2, 0.25) is 5.75 Å². The first kappa shape index (κ1) is 16.6. The van der Waals surface area contributed by atoms with Crippen LogP contribution in [0.15, 0.2) is 35.3 Å². The molecular weight excluding hydrogens is 324 g/mol. The van der Waals surface area contributed by atoms with Gasteiger partial charge in [0, 0.05) is 28.9 Å². The van der Waals surface area contributed by atoms with E-state index >= 15 is 0 Å². The van der Waals surface area contributed by atoms with Crippen molar-refractivity contribution in [3.63, 3.8) is 0 Å². The smallest absolute Gasteiger partial charge is 0.312 e. The van der Waals surface area contributed by atoms with Crippen LogP contribution in [0.5, 0.6) is 17.2 Å². The van der Waals surface area contributed by atoms with Gasteiger partial charge in [-0.25, -0.2) is 0 Å². The van der Waals surface area contributed by atoms with Crippen molar-refractivity contribution in [1.29, 1.82) is 0 Å². The van der Waals surface area contributed by atoms with Gasteiger partial charge in [-0.15, -0.1) is 0 Å². The normalized spacial score (nSPS) is 10.7. The Balaban J connectivity index is 2.43. The van der Waals surface area contributed by atoms with Gasteiger partial charge >= 0.3 is 5.69 Å². The summed E-state index contributed by atoms with van der Waals surface area (Å²) >= 11 is 5.83. The SMILES string of the molecule is COc1ccc(N=Cc2cc(Cl)cc([N+](=O)[O-])c2O)c(OC)c1. The number of hydrogen-bond acceptors (Lipinski definition) is 6. The molecule has 23 heavy (non-hydrogen) atoms. The van der Waals surface area contributed by atoms with Gasteiger partial charge in [-0.1, -0.05) is 11.6 Å². The summed E-state index contributed by atoms with van der Waals surface area (Å²) in [5.74, 6) is 0.550. The van der Waals surface area contributed by atoms with Crippen molar-refractivity contribution in [2.45, 2.75) is 0 Å². The molecule has 0 aliphatic carbocycles. The van der Waals surface area contributed by atoms with E-state index in [-0.39, 0.29) is 10.6 Å². The van der Waals surface area contributed by atoms with Gasteiger partial charge in [0.25, 0.3) is 0 Å². The second-order valence-corrected chi connectivity index (χ2v) is 4.85. The molecule has 0 radical (unpaired) electrons. The predicted octanol–water partition coefficient (Wildman–Crippen LogP) is 3.72. The molecule has 0 spiro atoms. The van der Waals surface area contributed by atoms with Gasteiger partial charge in [-0.3, -0.25) is 15.1 Å². The quantitative estimate of drug-likeness (QED) is 0.510. The molecule has 2 rings (SSSR count). The molecule has 2 aromatic carbocycles. The number of nitro benzene ring substituents is 1. The number of nitrogens with zero attached hydrogens (tertiary/aromatic N) is 2. The third-order valence-electron chi connectivity index (χ3n) is 3.01. The van der Waals surface area contributed by atoms with Gasteiger partial charge in [0.15, 0.2) is 0 Å². The Hall–Kier alpha value is -2.80. The fraction of sp³-hybridized carbons (Fsp3) is 0.133. The minimum Gasteiger partial charge on any atom is -0.502 e. The second-order valence-electron chi connectivity index (χ2n) is 4.42. The van der Waals surface area contributed by atoms with E-state index < -0.39 is 16.4 Å². The average molecular weight is 337 g/mol. The van der Waals surface area contributed by atoms with E-state index in [1.54, 1.807) is 18.2 Å². The maximum absolute atomic E-state index is 10.9. The summed E-state index contributed by atoms with van der Waals surface area (Å²) in [4.78, 5) is 14.3. The molecule has 0 saturated carbocycles. The highest BCUT2D eigenvalue weighted by Crippen LogP contribution is 2.34. The molecule has 120 valence electrons. The number of rotatable bonds is 5. The van der Waals surface area contributed by atoms with Gasteiger partial charge in [0.1, 0.15) is 17.2 Å². The summed E-state index contributed by atoms with van der Waals surface area (Å²) in [7, 11) is 3.01. The lowest BCUT2D eigenvalue weighted by molar-refractivity contribution is -0.385. The molecule has 0 unspecified atom stereocenters. The summed E-state index contributed by atoms with van der Waals surface area (Å²) in [6, 6.07) is 7.44. The minimum atomic E-state index is -0.716. The number of benzene rings is 2. The Morgan fingerprint density at radius 3 is 2.61 bits per heavy atom. The highest BCUT2D eigenvalue weighted by molar-refractivity contribution is 6.31. The molecule has 0 aliphatic rings. The molecule has 0 heterocycles. The minimum absolute atomic E-state index is 0.123. The molecular formula is C15H13ClN2O5. The molecule has 0 atom stereocenters. The van der Waals surface area contributed by atoms with E-state index in [1.807, 2.05) is 0 Å². The van der Waals surface area contributed by atoms with Gasteiger partial charge in [-0.05, 0) is 18.2 Å². The lowest BCUT2D eigenvalue weighted by Gasteiger charge is -2.07. The van der Waals surface area contributed by atoms with Crippen molar-refractivity contribution in [2.24, 2.45) is 4.99 Å². The van der Waals surface area contributed by atoms with Gasteiger partial charge in [0.05, 0.1) is 19.1 Å². The third kappa shape index (κ3) is 3.70. The lowest BCUT2D eigenvalue weighted by atomic mass is 10.2. The maximum atomic E-state index is 10.9. The molecule has 0 aromatic heterocycles. The first-order chi connectivity index (χ1) is 11.0. The monoisotopic (exact) mass is 336 g/mol. The molecule has 0 bridgehead atoms. The number of methoxy groups -OCH3 is 2. The highest BCUT2D eigenvalue weighted by atomic mass is 35.5. The zero-order valence-corrected chi connectivity index (χ0v) is 13.1. The van der Waals surface area contributed by atoms with Crippen molar-refractivity contribution in [3.8, 4) is 17.2 Å². The number of halogens is 1. The molecule has 8 heteroatoms. The molecule has 0 amide bonds. The Bertz CT molecular complexity index is 777. The summed E-state index contributed by atoms with van der Waals surface area (Å²) < 4.78 is 10.3. The Labute approximate surface area is 136 Å². The number of aromatic hydroxyl groups is 1. The number of ether oxygens (including phenoxy) is 2. The van der Waals surface area contributed by atoms with E-state index in [1.165, 1.54) is 26.5 Å². The zero-order valence-electron chi connectivity index (χ0n) is 12.3. The number of phenols is 1. The van der Waals surface area contributed by atoms with E-state index in [0.29, 0.717) is 17.2 Å². The van der Waals surface area contributed by atoms with E-state index in [2.05, 4.69) is 4.99 Å². The van der Waals surface area contributed by atoms with Crippen LogP contribution in [0.4, 0.5) is 11.4 Å². The van der Waals surface area contributed by atoms with Crippen LogP contribution in [-0.2, 0) is 0 Å². The third-order valence-corrected chi connectivity index (χ3v) is 3.23. The van der Waals surface area contributed by atoms with Crippen LogP contribution < -0.4 is 9.47 Å². The maximum Gasteiger partial charge on any atom is 0.312 e. The average Bonchev–Trinajstić information content (AvgIpc) is 2.54. The van der Waals surface area contributed by atoms with Crippen molar-refractivity contribution in [2.75, 3.05) is 14.2 Å². The largest absolute Gasteiger partial charge is 0.502 e. The summed E-state index contributed by atoms with van der Waals surface area (Å²) in [5.41, 5.74) is 0.109. The second kappa shape index (κ2) is 6.97. The van der Waals surface area contributed by atoms with E-state index in [4.69, 9.17) is 21.1 Å². The van der Waals surface area contributed by atoms with Crippen LogP contribution in [0.1, 0.15) is 5.56 Å².